The number of benzene rings is 1. The van der Waals surface area contributed by atoms with Gasteiger partial charge < -0.3 is 10.5 Å². The van der Waals surface area contributed by atoms with Crippen LogP contribution in [-0.4, -0.2) is 6.61 Å². The highest BCUT2D eigenvalue weighted by atomic mass is 79.9. The minimum Gasteiger partial charge on any atom is -0.493 e. The van der Waals surface area contributed by atoms with Crippen molar-refractivity contribution in [1.29, 1.82) is 0 Å². The number of ether oxygens (including phenoxy) is 1. The van der Waals surface area contributed by atoms with Gasteiger partial charge >= 0.3 is 0 Å². The van der Waals surface area contributed by atoms with Gasteiger partial charge in [-0.05, 0) is 67.6 Å². The summed E-state index contributed by atoms with van der Waals surface area (Å²) in [5.41, 5.74) is 8.61. The van der Waals surface area contributed by atoms with Crippen molar-refractivity contribution >= 4 is 54.8 Å². The van der Waals surface area contributed by atoms with Crippen LogP contribution < -0.4 is 10.5 Å². The highest BCUT2D eigenvalue weighted by Crippen LogP contribution is 2.38. The highest BCUT2D eigenvalue weighted by Gasteiger charge is 2.20. The van der Waals surface area contributed by atoms with E-state index in [4.69, 9.17) is 22.1 Å². The maximum atomic E-state index is 6.32. The number of halogens is 3. The van der Waals surface area contributed by atoms with Gasteiger partial charge in [0.25, 0.3) is 0 Å². The van der Waals surface area contributed by atoms with E-state index in [-0.39, 0.29) is 6.04 Å². The van der Waals surface area contributed by atoms with Gasteiger partial charge in [-0.15, -0.1) is 11.3 Å². The van der Waals surface area contributed by atoms with Gasteiger partial charge in [-0.3, -0.25) is 0 Å². The monoisotopic (exact) mass is 435 g/mol. The SMILES string of the molecule is NC(Cc1cc(Cl)cc2c1OCC2)c1cc(Br)c(Br)s1. The Morgan fingerprint density at radius 2 is 2.15 bits per heavy atom. The second-order valence-corrected chi connectivity index (χ2v) is 8.43. The molecule has 6 heteroatoms. The van der Waals surface area contributed by atoms with E-state index < -0.39 is 0 Å². The molecular weight excluding hydrogens is 425 g/mol. The lowest BCUT2D eigenvalue weighted by Crippen LogP contribution is -2.12. The molecule has 0 spiro atoms. The quantitative estimate of drug-likeness (QED) is 0.725. The molecule has 0 fully saturated rings. The van der Waals surface area contributed by atoms with Gasteiger partial charge in [0.2, 0.25) is 0 Å². The molecule has 0 saturated carbocycles. The normalized spacial score (nSPS) is 15.0. The fourth-order valence-corrected chi connectivity index (χ4v) is 4.74. The molecule has 1 aliphatic heterocycles. The van der Waals surface area contributed by atoms with Gasteiger partial charge in [0.05, 0.1) is 10.4 Å². The second-order valence-electron chi connectivity index (χ2n) is 4.73. The zero-order valence-corrected chi connectivity index (χ0v) is 15.2. The van der Waals surface area contributed by atoms with Gasteiger partial charge in [-0.2, -0.15) is 0 Å². The third kappa shape index (κ3) is 2.92. The average molecular weight is 438 g/mol. The predicted molar refractivity (Wildman–Crippen MR) is 91.0 cm³/mol. The van der Waals surface area contributed by atoms with Crippen molar-refractivity contribution in [2.24, 2.45) is 5.73 Å². The Morgan fingerprint density at radius 1 is 1.35 bits per heavy atom. The molecule has 106 valence electrons. The first kappa shape index (κ1) is 14.9. The highest BCUT2D eigenvalue weighted by molar-refractivity contribution is 9.13. The molecule has 3 rings (SSSR count). The molecular formula is C14H12Br2ClNOS. The Balaban J connectivity index is 1.88. The van der Waals surface area contributed by atoms with Crippen LogP contribution in [0.2, 0.25) is 5.02 Å². The first-order valence-electron chi connectivity index (χ1n) is 6.19. The van der Waals surface area contributed by atoms with Crippen molar-refractivity contribution in [3.05, 3.63) is 47.5 Å². The molecule has 0 amide bonds. The lowest BCUT2D eigenvalue weighted by atomic mass is 10.0. The summed E-state index contributed by atoms with van der Waals surface area (Å²) in [4.78, 5) is 1.13. The van der Waals surface area contributed by atoms with E-state index >= 15 is 0 Å². The molecule has 2 heterocycles. The zero-order chi connectivity index (χ0) is 14.3. The van der Waals surface area contributed by atoms with Crippen molar-refractivity contribution in [2.75, 3.05) is 6.61 Å². The minimum atomic E-state index is -0.0608. The molecule has 1 aromatic carbocycles. The maximum Gasteiger partial charge on any atom is 0.125 e. The zero-order valence-electron chi connectivity index (χ0n) is 10.5. The summed E-state index contributed by atoms with van der Waals surface area (Å²) in [5, 5.41) is 0.755. The smallest absolute Gasteiger partial charge is 0.125 e. The van der Waals surface area contributed by atoms with Gasteiger partial charge in [0.1, 0.15) is 5.75 Å². The Hall–Kier alpha value is -0.0700. The van der Waals surface area contributed by atoms with E-state index in [1.807, 2.05) is 12.1 Å². The van der Waals surface area contributed by atoms with Crippen molar-refractivity contribution in [3.8, 4) is 5.75 Å². The minimum absolute atomic E-state index is 0.0608. The molecule has 1 unspecified atom stereocenters. The number of fused-ring (bicyclic) bond motifs is 1. The standard InChI is InChI=1S/C14H12Br2ClNOS/c15-10-6-12(20-14(10)16)11(18)5-8-4-9(17)3-7-1-2-19-13(7)8/h3-4,6,11H,1-2,5,18H2. The summed E-state index contributed by atoms with van der Waals surface area (Å²) in [6, 6.07) is 5.94. The third-order valence-corrected chi connectivity index (χ3v) is 6.90. The molecule has 20 heavy (non-hydrogen) atoms. The van der Waals surface area contributed by atoms with E-state index in [2.05, 4.69) is 37.9 Å². The van der Waals surface area contributed by atoms with E-state index in [1.165, 1.54) is 5.56 Å². The van der Waals surface area contributed by atoms with Crippen molar-refractivity contribution in [3.63, 3.8) is 0 Å². The molecule has 1 atom stereocenters. The fraction of sp³-hybridized carbons (Fsp3) is 0.286. The third-order valence-electron chi connectivity index (χ3n) is 3.29. The number of hydrogen-bond acceptors (Lipinski definition) is 3. The van der Waals surface area contributed by atoms with Gasteiger partial charge in [-0.25, -0.2) is 0 Å². The second kappa shape index (κ2) is 5.97. The molecule has 0 aliphatic carbocycles. The van der Waals surface area contributed by atoms with E-state index in [0.29, 0.717) is 0 Å². The number of rotatable bonds is 3. The fourth-order valence-electron chi connectivity index (χ4n) is 2.38. The largest absolute Gasteiger partial charge is 0.493 e. The van der Waals surface area contributed by atoms with Crippen LogP contribution in [0.5, 0.6) is 5.75 Å². The lowest BCUT2D eigenvalue weighted by Gasteiger charge is -2.13. The summed E-state index contributed by atoms with van der Waals surface area (Å²) < 4.78 is 7.83. The number of nitrogens with two attached hydrogens (primary N) is 1. The topological polar surface area (TPSA) is 35.2 Å². The maximum absolute atomic E-state index is 6.32. The van der Waals surface area contributed by atoms with E-state index in [1.54, 1.807) is 11.3 Å². The predicted octanol–water partition coefficient (Wildman–Crippen LogP) is 5.10. The van der Waals surface area contributed by atoms with Crippen molar-refractivity contribution < 1.29 is 4.74 Å². The van der Waals surface area contributed by atoms with Crippen LogP contribution >= 0.6 is 54.8 Å². The molecule has 1 aromatic heterocycles. The van der Waals surface area contributed by atoms with Crippen LogP contribution in [0.25, 0.3) is 0 Å². The number of hydrogen-bond donors (Lipinski definition) is 1. The van der Waals surface area contributed by atoms with E-state index in [9.17, 15) is 0 Å². The van der Waals surface area contributed by atoms with Crippen LogP contribution in [0.4, 0.5) is 0 Å². The Kier molecular flexibility index (Phi) is 4.43. The molecule has 2 nitrogen and oxygen atoms in total. The molecule has 0 bridgehead atoms. The first-order valence-corrected chi connectivity index (χ1v) is 8.97. The summed E-state index contributed by atoms with van der Waals surface area (Å²) in [7, 11) is 0. The molecule has 0 saturated heterocycles. The van der Waals surface area contributed by atoms with Crippen LogP contribution in [-0.2, 0) is 12.8 Å². The van der Waals surface area contributed by atoms with Crippen LogP contribution in [0.1, 0.15) is 22.0 Å². The summed E-state index contributed by atoms with van der Waals surface area (Å²) in [6.45, 7) is 0.730. The Bertz CT molecular complexity index is 639. The van der Waals surface area contributed by atoms with Gasteiger partial charge in [0, 0.05) is 26.8 Å². The molecule has 1 aliphatic rings. The van der Waals surface area contributed by atoms with Crippen LogP contribution in [0, 0.1) is 0 Å². The molecule has 2 N–H and O–H groups in total. The van der Waals surface area contributed by atoms with E-state index in [0.717, 1.165) is 48.9 Å². The van der Waals surface area contributed by atoms with Crippen molar-refractivity contribution in [2.45, 2.75) is 18.9 Å². The van der Waals surface area contributed by atoms with Crippen LogP contribution in [0.3, 0.4) is 0 Å². The van der Waals surface area contributed by atoms with Crippen molar-refractivity contribution in [1.82, 2.24) is 0 Å². The summed E-state index contributed by atoms with van der Waals surface area (Å²) in [6.07, 6.45) is 1.65. The average Bonchev–Trinajstić information content (AvgIpc) is 2.97. The summed E-state index contributed by atoms with van der Waals surface area (Å²) in [5.74, 6) is 0.972. The number of thiophene rings is 1. The van der Waals surface area contributed by atoms with Crippen LogP contribution in [0.15, 0.2) is 26.5 Å². The van der Waals surface area contributed by atoms with Gasteiger partial charge in [0.15, 0.2) is 0 Å². The lowest BCUT2D eigenvalue weighted by molar-refractivity contribution is 0.352. The summed E-state index contributed by atoms with van der Waals surface area (Å²) >= 11 is 14.8. The Labute approximate surface area is 143 Å². The molecule has 0 radical (unpaired) electrons. The van der Waals surface area contributed by atoms with Gasteiger partial charge in [-0.1, -0.05) is 11.6 Å². The first-order chi connectivity index (χ1) is 9.54. The molecule has 2 aromatic rings. The Morgan fingerprint density at radius 3 is 2.85 bits per heavy atom.